The number of nitrogens with zero attached hydrogens (tertiary/aromatic N) is 2. The lowest BCUT2D eigenvalue weighted by Gasteiger charge is -2.17. The van der Waals surface area contributed by atoms with E-state index in [9.17, 15) is 4.39 Å². The molecule has 1 heterocycles. The summed E-state index contributed by atoms with van der Waals surface area (Å²) in [5, 5.41) is 3.18. The molecule has 0 radical (unpaired) electrons. The lowest BCUT2D eigenvalue weighted by Crippen LogP contribution is -2.11. The van der Waals surface area contributed by atoms with Gasteiger partial charge in [-0.2, -0.15) is 0 Å². The molecule has 3 nitrogen and oxygen atoms in total. The molecule has 2 aromatic rings. The number of halogens is 1. The summed E-state index contributed by atoms with van der Waals surface area (Å²) >= 11 is 0. The van der Waals surface area contributed by atoms with E-state index in [1.54, 1.807) is 18.3 Å². The van der Waals surface area contributed by atoms with E-state index < -0.39 is 0 Å². The molecule has 0 amide bonds. The van der Waals surface area contributed by atoms with Gasteiger partial charge in [-0.15, -0.1) is 0 Å². The first-order valence-corrected chi connectivity index (χ1v) is 5.74. The zero-order valence-corrected chi connectivity index (χ0v) is 10.0. The molecule has 1 unspecified atom stereocenters. The van der Waals surface area contributed by atoms with Crippen molar-refractivity contribution in [2.24, 2.45) is 0 Å². The quantitative estimate of drug-likeness (QED) is 0.879. The van der Waals surface area contributed by atoms with E-state index in [4.69, 9.17) is 0 Å². The standard InChI is InChI=1S/C13H16FN3/c1-3-15-13-16-7-8-17(13)10(2)11-5-4-6-12(14)9-11/h4-10H,3H2,1-2H3,(H,15,16). The Kier molecular flexibility index (Phi) is 3.42. The second-order valence-corrected chi connectivity index (χ2v) is 3.92. The van der Waals surface area contributed by atoms with Crippen LogP contribution in [0.4, 0.5) is 10.3 Å². The molecule has 0 bridgehead atoms. The molecule has 0 aliphatic rings. The number of aromatic nitrogens is 2. The van der Waals surface area contributed by atoms with Crippen molar-refractivity contribution in [3.63, 3.8) is 0 Å². The zero-order valence-electron chi connectivity index (χ0n) is 10.0. The van der Waals surface area contributed by atoms with Crippen LogP contribution in [-0.2, 0) is 0 Å². The SMILES string of the molecule is CCNc1nccn1C(C)c1cccc(F)c1. The molecule has 0 spiro atoms. The predicted octanol–water partition coefficient (Wildman–Crippen LogP) is 3.06. The van der Waals surface area contributed by atoms with Gasteiger partial charge in [-0.05, 0) is 31.5 Å². The summed E-state index contributed by atoms with van der Waals surface area (Å²) in [7, 11) is 0. The number of imidazole rings is 1. The Morgan fingerprint density at radius 3 is 3.00 bits per heavy atom. The summed E-state index contributed by atoms with van der Waals surface area (Å²) in [6, 6.07) is 6.71. The number of anilines is 1. The molecule has 1 aromatic heterocycles. The lowest BCUT2D eigenvalue weighted by molar-refractivity contribution is 0.606. The minimum absolute atomic E-state index is 0.0576. The normalized spacial score (nSPS) is 12.4. The summed E-state index contributed by atoms with van der Waals surface area (Å²) in [4.78, 5) is 4.23. The maximum absolute atomic E-state index is 13.2. The van der Waals surface area contributed by atoms with Crippen molar-refractivity contribution < 1.29 is 4.39 Å². The Morgan fingerprint density at radius 1 is 1.47 bits per heavy atom. The average Bonchev–Trinajstić information content (AvgIpc) is 2.77. The highest BCUT2D eigenvalue weighted by molar-refractivity contribution is 5.30. The molecule has 90 valence electrons. The van der Waals surface area contributed by atoms with E-state index in [1.165, 1.54) is 6.07 Å². The third-order valence-electron chi connectivity index (χ3n) is 2.75. The number of hydrogen-bond donors (Lipinski definition) is 1. The average molecular weight is 233 g/mol. The summed E-state index contributed by atoms with van der Waals surface area (Å²) in [5.41, 5.74) is 0.933. The Hall–Kier alpha value is -1.84. The van der Waals surface area contributed by atoms with Gasteiger partial charge in [0.15, 0.2) is 0 Å². The fraction of sp³-hybridized carbons (Fsp3) is 0.308. The molecular formula is C13H16FN3. The smallest absolute Gasteiger partial charge is 0.203 e. The minimum atomic E-state index is -0.209. The van der Waals surface area contributed by atoms with Crippen LogP contribution in [0.1, 0.15) is 25.5 Å². The fourth-order valence-electron chi connectivity index (χ4n) is 1.85. The fourth-order valence-corrected chi connectivity index (χ4v) is 1.85. The van der Waals surface area contributed by atoms with Crippen molar-refractivity contribution in [1.29, 1.82) is 0 Å². The first-order chi connectivity index (χ1) is 8.22. The van der Waals surface area contributed by atoms with E-state index in [1.807, 2.05) is 30.7 Å². The Labute approximate surface area is 100 Å². The molecule has 17 heavy (non-hydrogen) atoms. The second kappa shape index (κ2) is 4.99. The van der Waals surface area contributed by atoms with Crippen molar-refractivity contribution >= 4 is 5.95 Å². The highest BCUT2D eigenvalue weighted by Gasteiger charge is 2.11. The van der Waals surface area contributed by atoms with Crippen LogP contribution in [-0.4, -0.2) is 16.1 Å². The first kappa shape index (κ1) is 11.6. The molecule has 0 fully saturated rings. The minimum Gasteiger partial charge on any atom is -0.356 e. The van der Waals surface area contributed by atoms with Gasteiger partial charge in [0, 0.05) is 18.9 Å². The first-order valence-electron chi connectivity index (χ1n) is 5.74. The van der Waals surface area contributed by atoms with Gasteiger partial charge in [-0.25, -0.2) is 9.37 Å². The molecular weight excluding hydrogens is 217 g/mol. The summed E-state index contributed by atoms with van der Waals surface area (Å²) < 4.78 is 15.2. The molecule has 4 heteroatoms. The number of hydrogen-bond acceptors (Lipinski definition) is 2. The van der Waals surface area contributed by atoms with Crippen LogP contribution in [0.5, 0.6) is 0 Å². The van der Waals surface area contributed by atoms with Gasteiger partial charge in [0.25, 0.3) is 0 Å². The van der Waals surface area contributed by atoms with Gasteiger partial charge in [0.05, 0.1) is 6.04 Å². The lowest BCUT2D eigenvalue weighted by atomic mass is 10.1. The summed E-state index contributed by atoms with van der Waals surface area (Å²) in [6.45, 7) is 4.86. The maximum Gasteiger partial charge on any atom is 0.203 e. The Balaban J connectivity index is 2.30. The van der Waals surface area contributed by atoms with Crippen molar-refractivity contribution in [3.05, 3.63) is 48.0 Å². The van der Waals surface area contributed by atoms with Crippen LogP contribution in [0.2, 0.25) is 0 Å². The second-order valence-electron chi connectivity index (χ2n) is 3.92. The largest absolute Gasteiger partial charge is 0.356 e. The van der Waals surface area contributed by atoms with Gasteiger partial charge in [0.2, 0.25) is 5.95 Å². The maximum atomic E-state index is 13.2. The molecule has 0 aliphatic carbocycles. The van der Waals surface area contributed by atoms with Gasteiger partial charge in [-0.1, -0.05) is 12.1 Å². The predicted molar refractivity (Wildman–Crippen MR) is 66.6 cm³/mol. The molecule has 1 atom stereocenters. The topological polar surface area (TPSA) is 29.9 Å². The van der Waals surface area contributed by atoms with Crippen LogP contribution in [0.15, 0.2) is 36.7 Å². The highest BCUT2D eigenvalue weighted by atomic mass is 19.1. The third-order valence-corrected chi connectivity index (χ3v) is 2.75. The van der Waals surface area contributed by atoms with Crippen LogP contribution in [0.3, 0.4) is 0 Å². The number of benzene rings is 1. The van der Waals surface area contributed by atoms with E-state index in [0.29, 0.717) is 0 Å². The van der Waals surface area contributed by atoms with Gasteiger partial charge in [0.1, 0.15) is 5.82 Å². The molecule has 1 N–H and O–H groups in total. The zero-order chi connectivity index (χ0) is 12.3. The molecule has 0 saturated heterocycles. The monoisotopic (exact) mass is 233 g/mol. The summed E-state index contributed by atoms with van der Waals surface area (Å²) in [5.74, 6) is 0.601. The van der Waals surface area contributed by atoms with E-state index in [0.717, 1.165) is 18.1 Å². The highest BCUT2D eigenvalue weighted by Crippen LogP contribution is 2.21. The van der Waals surface area contributed by atoms with Crippen molar-refractivity contribution in [3.8, 4) is 0 Å². The van der Waals surface area contributed by atoms with E-state index in [-0.39, 0.29) is 11.9 Å². The Morgan fingerprint density at radius 2 is 2.29 bits per heavy atom. The van der Waals surface area contributed by atoms with Crippen LogP contribution in [0, 0.1) is 5.82 Å². The number of rotatable bonds is 4. The van der Waals surface area contributed by atoms with Gasteiger partial charge in [-0.3, -0.25) is 0 Å². The van der Waals surface area contributed by atoms with Gasteiger partial charge >= 0.3 is 0 Å². The van der Waals surface area contributed by atoms with Crippen molar-refractivity contribution in [1.82, 2.24) is 9.55 Å². The molecule has 1 aromatic carbocycles. The van der Waals surface area contributed by atoms with Crippen LogP contribution in [0.25, 0.3) is 0 Å². The third kappa shape index (κ3) is 2.46. The molecule has 0 saturated carbocycles. The van der Waals surface area contributed by atoms with E-state index >= 15 is 0 Å². The van der Waals surface area contributed by atoms with Gasteiger partial charge < -0.3 is 9.88 Å². The van der Waals surface area contributed by atoms with Crippen molar-refractivity contribution in [2.75, 3.05) is 11.9 Å². The molecule has 2 rings (SSSR count). The summed E-state index contributed by atoms with van der Waals surface area (Å²) in [6.07, 6.45) is 3.64. The molecule has 0 aliphatic heterocycles. The van der Waals surface area contributed by atoms with Crippen molar-refractivity contribution in [2.45, 2.75) is 19.9 Å². The van der Waals surface area contributed by atoms with E-state index in [2.05, 4.69) is 10.3 Å². The number of nitrogens with one attached hydrogen (secondary N) is 1. The van der Waals surface area contributed by atoms with Crippen LogP contribution >= 0.6 is 0 Å². The Bertz CT molecular complexity index is 493. The van der Waals surface area contributed by atoms with Crippen LogP contribution < -0.4 is 5.32 Å².